The maximum absolute atomic E-state index is 13.8. The van der Waals surface area contributed by atoms with E-state index < -0.39 is 28.7 Å². The Bertz CT molecular complexity index is 791. The fourth-order valence-corrected chi connectivity index (χ4v) is 3.76. The van der Waals surface area contributed by atoms with Crippen molar-refractivity contribution in [2.24, 2.45) is 0 Å². The van der Waals surface area contributed by atoms with Gasteiger partial charge in [0.05, 0.1) is 11.3 Å². The van der Waals surface area contributed by atoms with E-state index in [0.717, 1.165) is 24.3 Å². The number of hydrogen-bond donors (Lipinski definition) is 0. The molecule has 25 heavy (non-hydrogen) atoms. The highest BCUT2D eigenvalue weighted by Crippen LogP contribution is 2.40. The largest absolute Gasteiger partial charge is 0.416 e. The zero-order valence-corrected chi connectivity index (χ0v) is 13.5. The van der Waals surface area contributed by atoms with Gasteiger partial charge in [0.15, 0.2) is 0 Å². The summed E-state index contributed by atoms with van der Waals surface area (Å²) in [5.74, 6) is -1.59. The molecule has 1 heterocycles. The Morgan fingerprint density at radius 1 is 1.08 bits per heavy atom. The van der Waals surface area contributed by atoms with E-state index in [-0.39, 0.29) is 23.8 Å². The van der Waals surface area contributed by atoms with Crippen LogP contribution in [-0.2, 0) is 17.5 Å². The number of carbonyl (C=O) groups is 1. The van der Waals surface area contributed by atoms with Crippen LogP contribution >= 0.6 is 11.8 Å². The quantitative estimate of drug-likeness (QED) is 0.723. The summed E-state index contributed by atoms with van der Waals surface area (Å²) < 4.78 is 64.8. The summed E-state index contributed by atoms with van der Waals surface area (Å²) in [4.78, 5) is 13.5. The van der Waals surface area contributed by atoms with Gasteiger partial charge in [-0.2, -0.15) is 13.2 Å². The summed E-state index contributed by atoms with van der Waals surface area (Å²) in [6.07, 6.45) is -4.44. The Morgan fingerprint density at radius 2 is 1.76 bits per heavy atom. The topological polar surface area (TPSA) is 20.3 Å². The minimum absolute atomic E-state index is 0.0797. The molecular formula is C17H12F5NOS. The molecule has 0 spiro atoms. The lowest BCUT2D eigenvalue weighted by Crippen LogP contribution is -2.28. The van der Waals surface area contributed by atoms with Crippen molar-refractivity contribution in [3.63, 3.8) is 0 Å². The molecule has 1 fully saturated rings. The molecule has 0 aliphatic carbocycles. The highest BCUT2D eigenvalue weighted by molar-refractivity contribution is 8.00. The van der Waals surface area contributed by atoms with E-state index in [1.54, 1.807) is 0 Å². The van der Waals surface area contributed by atoms with Crippen LogP contribution in [0.15, 0.2) is 42.5 Å². The second-order valence-electron chi connectivity index (χ2n) is 5.54. The predicted octanol–water partition coefficient (Wildman–Crippen LogP) is 4.76. The number of halogens is 5. The van der Waals surface area contributed by atoms with E-state index in [1.807, 2.05) is 0 Å². The van der Waals surface area contributed by atoms with Gasteiger partial charge >= 0.3 is 6.18 Å². The average Bonchev–Trinajstić information content (AvgIpc) is 2.90. The lowest BCUT2D eigenvalue weighted by Gasteiger charge is -2.25. The van der Waals surface area contributed by atoms with Crippen LogP contribution in [0.3, 0.4) is 0 Å². The van der Waals surface area contributed by atoms with Crippen LogP contribution in [0.2, 0.25) is 0 Å². The van der Waals surface area contributed by atoms with Crippen molar-refractivity contribution in [3.05, 3.63) is 70.8 Å². The van der Waals surface area contributed by atoms with Crippen molar-refractivity contribution in [1.29, 1.82) is 0 Å². The fourth-order valence-electron chi connectivity index (χ4n) is 2.57. The number of benzene rings is 2. The van der Waals surface area contributed by atoms with Crippen molar-refractivity contribution in [3.8, 4) is 0 Å². The van der Waals surface area contributed by atoms with E-state index in [4.69, 9.17) is 0 Å². The molecule has 0 N–H and O–H groups in total. The highest BCUT2D eigenvalue weighted by Gasteiger charge is 2.35. The SMILES string of the molecule is O=C1CSC(c2ccc(C(F)(F)F)cc2)N1Cc1ccc(F)cc1F. The zero-order chi connectivity index (χ0) is 18.2. The minimum Gasteiger partial charge on any atom is -0.321 e. The van der Waals surface area contributed by atoms with Gasteiger partial charge in [-0.3, -0.25) is 4.79 Å². The second kappa shape index (κ2) is 6.67. The second-order valence-corrected chi connectivity index (χ2v) is 6.61. The summed E-state index contributed by atoms with van der Waals surface area (Å²) in [6.45, 7) is -0.0797. The fraction of sp³-hybridized carbons (Fsp3) is 0.235. The van der Waals surface area contributed by atoms with Crippen LogP contribution in [0.1, 0.15) is 22.1 Å². The third kappa shape index (κ3) is 3.78. The van der Waals surface area contributed by atoms with Gasteiger partial charge in [-0.15, -0.1) is 11.8 Å². The summed E-state index contributed by atoms with van der Waals surface area (Å²) in [5, 5.41) is -0.515. The molecule has 1 aliphatic heterocycles. The Balaban J connectivity index is 1.84. The molecule has 2 aromatic carbocycles. The monoisotopic (exact) mass is 373 g/mol. The molecule has 1 unspecified atom stereocenters. The number of rotatable bonds is 3. The van der Waals surface area contributed by atoms with E-state index in [2.05, 4.69) is 0 Å². The molecule has 1 aliphatic rings. The average molecular weight is 373 g/mol. The Morgan fingerprint density at radius 3 is 2.36 bits per heavy atom. The highest BCUT2D eigenvalue weighted by atomic mass is 32.2. The van der Waals surface area contributed by atoms with Crippen LogP contribution in [0, 0.1) is 11.6 Å². The number of hydrogen-bond acceptors (Lipinski definition) is 2. The molecular weight excluding hydrogens is 361 g/mol. The van der Waals surface area contributed by atoms with Crippen molar-refractivity contribution < 1.29 is 26.7 Å². The first-order valence-electron chi connectivity index (χ1n) is 7.28. The third-order valence-electron chi connectivity index (χ3n) is 3.85. The van der Waals surface area contributed by atoms with Gasteiger partial charge in [-0.25, -0.2) is 8.78 Å². The first kappa shape index (κ1) is 17.7. The molecule has 2 nitrogen and oxygen atoms in total. The van der Waals surface area contributed by atoms with Crippen molar-refractivity contribution in [2.45, 2.75) is 18.1 Å². The van der Waals surface area contributed by atoms with E-state index >= 15 is 0 Å². The number of alkyl halides is 3. The molecule has 2 aromatic rings. The summed E-state index contributed by atoms with van der Waals surface area (Å²) in [5.41, 5.74) is -0.109. The zero-order valence-electron chi connectivity index (χ0n) is 12.7. The van der Waals surface area contributed by atoms with Gasteiger partial charge in [0.25, 0.3) is 0 Å². The van der Waals surface area contributed by atoms with Crippen LogP contribution < -0.4 is 0 Å². The first-order valence-corrected chi connectivity index (χ1v) is 8.33. The van der Waals surface area contributed by atoms with Gasteiger partial charge in [0.1, 0.15) is 17.0 Å². The maximum atomic E-state index is 13.8. The van der Waals surface area contributed by atoms with Crippen LogP contribution in [0.5, 0.6) is 0 Å². The van der Waals surface area contributed by atoms with Crippen molar-refractivity contribution in [1.82, 2.24) is 4.90 Å². The number of nitrogens with zero attached hydrogens (tertiary/aromatic N) is 1. The van der Waals surface area contributed by atoms with Crippen molar-refractivity contribution in [2.75, 3.05) is 5.75 Å². The van der Waals surface area contributed by atoms with Crippen molar-refractivity contribution >= 4 is 17.7 Å². The van der Waals surface area contributed by atoms with Gasteiger partial charge in [0, 0.05) is 18.2 Å². The lowest BCUT2D eigenvalue weighted by molar-refractivity contribution is -0.137. The summed E-state index contributed by atoms with van der Waals surface area (Å²) in [7, 11) is 0. The summed E-state index contributed by atoms with van der Waals surface area (Å²) >= 11 is 1.25. The number of amides is 1. The standard InChI is InChI=1S/C17H12F5NOS/c18-13-6-3-11(14(19)7-13)8-23-15(24)9-25-16(23)10-1-4-12(5-2-10)17(20,21)22/h1-7,16H,8-9H2. The molecule has 0 radical (unpaired) electrons. The molecule has 0 aromatic heterocycles. The Kier molecular flexibility index (Phi) is 4.73. The summed E-state index contributed by atoms with van der Waals surface area (Å²) in [6, 6.07) is 7.62. The normalized spacial score (nSPS) is 18.0. The molecule has 0 bridgehead atoms. The maximum Gasteiger partial charge on any atom is 0.416 e. The van der Waals surface area contributed by atoms with Crippen LogP contribution in [0.25, 0.3) is 0 Å². The molecule has 1 saturated heterocycles. The van der Waals surface area contributed by atoms with Gasteiger partial charge in [-0.05, 0) is 23.8 Å². The van der Waals surface area contributed by atoms with Gasteiger partial charge in [-0.1, -0.05) is 18.2 Å². The first-order chi connectivity index (χ1) is 11.8. The molecule has 132 valence electrons. The minimum atomic E-state index is -4.44. The third-order valence-corrected chi connectivity index (χ3v) is 5.10. The number of carbonyl (C=O) groups excluding carboxylic acids is 1. The van der Waals surface area contributed by atoms with Crippen LogP contribution in [-0.4, -0.2) is 16.6 Å². The molecule has 3 rings (SSSR count). The molecule has 1 amide bonds. The molecule has 8 heteroatoms. The predicted molar refractivity (Wildman–Crippen MR) is 83.6 cm³/mol. The number of thioether (sulfide) groups is 1. The van der Waals surface area contributed by atoms with E-state index in [0.29, 0.717) is 5.56 Å². The van der Waals surface area contributed by atoms with Gasteiger partial charge in [0.2, 0.25) is 5.91 Å². The van der Waals surface area contributed by atoms with Gasteiger partial charge < -0.3 is 4.90 Å². The molecule has 0 saturated carbocycles. The van der Waals surface area contributed by atoms with E-state index in [1.165, 1.54) is 34.9 Å². The lowest BCUT2D eigenvalue weighted by atomic mass is 10.1. The Hall–Kier alpha value is -2.09. The van der Waals surface area contributed by atoms with Crippen LogP contribution in [0.4, 0.5) is 22.0 Å². The Labute approximate surface area is 144 Å². The smallest absolute Gasteiger partial charge is 0.321 e. The van der Waals surface area contributed by atoms with E-state index in [9.17, 15) is 26.7 Å². The molecule has 1 atom stereocenters.